The minimum Gasteiger partial charge on any atom is -0.326 e. The number of rotatable bonds is 4. The molecule has 0 aromatic heterocycles. The van der Waals surface area contributed by atoms with Crippen molar-refractivity contribution in [3.63, 3.8) is 0 Å². The van der Waals surface area contributed by atoms with Crippen LogP contribution in [0.3, 0.4) is 0 Å². The Morgan fingerprint density at radius 3 is 2.56 bits per heavy atom. The molecule has 1 aliphatic carbocycles. The molecule has 3 nitrogen and oxygen atoms in total. The number of hydrogen-bond acceptors (Lipinski definition) is 1. The smallest absolute Gasteiger partial charge is 0.199 e. The summed E-state index contributed by atoms with van der Waals surface area (Å²) in [7, 11) is 1.94. The van der Waals surface area contributed by atoms with Gasteiger partial charge in [-0.15, -0.1) is 0 Å². The van der Waals surface area contributed by atoms with Gasteiger partial charge in [0.2, 0.25) is 0 Å². The molecule has 0 amide bonds. The van der Waals surface area contributed by atoms with Crippen LogP contribution in [0.1, 0.15) is 42.9 Å². The van der Waals surface area contributed by atoms with Crippen LogP contribution in [0.5, 0.6) is 0 Å². The first kappa shape index (κ1) is 17.3. The van der Waals surface area contributed by atoms with Crippen molar-refractivity contribution in [2.45, 2.75) is 26.2 Å². The van der Waals surface area contributed by atoms with Crippen LogP contribution in [-0.4, -0.2) is 13.0 Å². The molecule has 0 heterocycles. The summed E-state index contributed by atoms with van der Waals surface area (Å²) in [5.41, 5.74) is 5.79. The maximum Gasteiger partial charge on any atom is 0.199 e. The Morgan fingerprint density at radius 2 is 1.78 bits per heavy atom. The Hall–Kier alpha value is -3.07. The summed E-state index contributed by atoms with van der Waals surface area (Å²) < 4.78 is 0. The van der Waals surface area contributed by atoms with E-state index in [-0.39, 0.29) is 0 Å². The number of benzene rings is 3. The number of nitrogens with zero attached hydrogens (tertiary/aromatic N) is 1. The number of hydrogen-bond donors (Lipinski definition) is 2. The second-order valence-corrected chi connectivity index (χ2v) is 7.24. The standard InChI is InChI=1S/C24H25N3/c1-4-16(2)19-8-5-9-20(15-19)27(3)24(25)26-22-14-13-18-12-11-17-7-6-10-21(22)23(17)18/h5-16H,4H2,1-3H3,(H2,25,26). The van der Waals surface area contributed by atoms with Gasteiger partial charge in [-0.3, -0.25) is 5.41 Å². The van der Waals surface area contributed by atoms with E-state index in [9.17, 15) is 0 Å². The van der Waals surface area contributed by atoms with Gasteiger partial charge in [0.05, 0.1) is 0 Å². The molecule has 3 aromatic rings. The van der Waals surface area contributed by atoms with Crippen molar-refractivity contribution in [3.05, 3.63) is 71.3 Å². The number of anilines is 2. The molecule has 3 heteroatoms. The minimum atomic E-state index is 0.364. The summed E-state index contributed by atoms with van der Waals surface area (Å²) in [4.78, 5) is 1.90. The van der Waals surface area contributed by atoms with Gasteiger partial charge in [0.25, 0.3) is 0 Å². The van der Waals surface area contributed by atoms with E-state index < -0.39 is 0 Å². The summed E-state index contributed by atoms with van der Waals surface area (Å²) in [6.07, 6.45) is 5.41. The molecule has 0 radical (unpaired) electrons. The normalized spacial score (nSPS) is 13.0. The van der Waals surface area contributed by atoms with Crippen LogP contribution < -0.4 is 10.2 Å². The lowest BCUT2D eigenvalue weighted by molar-refractivity contribution is 0.733. The summed E-state index contributed by atoms with van der Waals surface area (Å²) in [5, 5.41) is 14.3. The van der Waals surface area contributed by atoms with E-state index in [2.05, 4.69) is 85.9 Å². The van der Waals surface area contributed by atoms with Crippen LogP contribution in [0.15, 0.2) is 54.6 Å². The van der Waals surface area contributed by atoms with Crippen LogP contribution in [-0.2, 0) is 0 Å². The molecule has 0 saturated heterocycles. The lowest BCUT2D eigenvalue weighted by Gasteiger charge is -2.23. The van der Waals surface area contributed by atoms with Crippen molar-refractivity contribution >= 4 is 40.3 Å². The molecule has 0 saturated carbocycles. The van der Waals surface area contributed by atoms with Crippen molar-refractivity contribution in [2.24, 2.45) is 0 Å². The predicted molar refractivity (Wildman–Crippen MR) is 118 cm³/mol. The van der Waals surface area contributed by atoms with Crippen molar-refractivity contribution in [1.82, 2.24) is 0 Å². The van der Waals surface area contributed by atoms with Crippen molar-refractivity contribution in [2.75, 3.05) is 17.3 Å². The second kappa shape index (κ2) is 6.92. The summed E-state index contributed by atoms with van der Waals surface area (Å²) >= 11 is 0. The highest BCUT2D eigenvalue weighted by molar-refractivity contribution is 6.13. The minimum absolute atomic E-state index is 0.364. The Labute approximate surface area is 160 Å². The van der Waals surface area contributed by atoms with Gasteiger partial charge in [-0.2, -0.15) is 0 Å². The van der Waals surface area contributed by atoms with Gasteiger partial charge in [-0.05, 0) is 52.6 Å². The zero-order valence-electron chi connectivity index (χ0n) is 16.1. The molecule has 1 unspecified atom stereocenters. The van der Waals surface area contributed by atoms with Crippen LogP contribution in [0, 0.1) is 5.41 Å². The average molecular weight is 355 g/mol. The highest BCUT2D eigenvalue weighted by Gasteiger charge is 2.14. The zero-order chi connectivity index (χ0) is 19.0. The molecule has 1 atom stereocenters. The van der Waals surface area contributed by atoms with Crippen molar-refractivity contribution in [1.29, 1.82) is 5.41 Å². The first-order valence-electron chi connectivity index (χ1n) is 9.51. The van der Waals surface area contributed by atoms with Crippen molar-refractivity contribution < 1.29 is 0 Å². The first-order valence-corrected chi connectivity index (χ1v) is 9.51. The van der Waals surface area contributed by atoms with Crippen LogP contribution >= 0.6 is 0 Å². The SMILES string of the molecule is CCC(C)c1cccc(N(C)C(=N)Nc2ccc3c4c(cccc24)C=C3)c1. The molecule has 3 aromatic carbocycles. The zero-order valence-corrected chi connectivity index (χ0v) is 16.1. The second-order valence-electron chi connectivity index (χ2n) is 7.24. The average Bonchev–Trinajstić information content (AvgIpc) is 3.13. The predicted octanol–water partition coefficient (Wildman–Crippen LogP) is 6.32. The van der Waals surface area contributed by atoms with E-state index in [1.165, 1.54) is 22.1 Å². The monoisotopic (exact) mass is 355 g/mol. The molecule has 27 heavy (non-hydrogen) atoms. The summed E-state index contributed by atoms with van der Waals surface area (Å²) in [5.74, 6) is 0.882. The van der Waals surface area contributed by atoms with Gasteiger partial charge in [0.1, 0.15) is 0 Å². The molecule has 0 bridgehead atoms. The Morgan fingerprint density at radius 1 is 1.04 bits per heavy atom. The van der Waals surface area contributed by atoms with Gasteiger partial charge < -0.3 is 10.2 Å². The quantitative estimate of drug-likeness (QED) is 0.332. The third-order valence-electron chi connectivity index (χ3n) is 5.57. The van der Waals surface area contributed by atoms with Gasteiger partial charge >= 0.3 is 0 Å². The largest absolute Gasteiger partial charge is 0.326 e. The maximum absolute atomic E-state index is 8.59. The van der Waals surface area contributed by atoms with Crippen molar-refractivity contribution in [3.8, 4) is 0 Å². The third-order valence-corrected chi connectivity index (χ3v) is 5.57. The molecule has 0 spiro atoms. The molecule has 0 aliphatic heterocycles. The van der Waals surface area contributed by atoms with Gasteiger partial charge in [0, 0.05) is 23.8 Å². The highest BCUT2D eigenvalue weighted by atomic mass is 15.3. The van der Waals surface area contributed by atoms with Gasteiger partial charge in [0.15, 0.2) is 5.96 Å². The van der Waals surface area contributed by atoms with Crippen LogP contribution in [0.4, 0.5) is 11.4 Å². The third kappa shape index (κ3) is 3.10. The molecule has 1 aliphatic rings. The fourth-order valence-corrected chi connectivity index (χ4v) is 3.65. The van der Waals surface area contributed by atoms with E-state index in [4.69, 9.17) is 5.41 Å². The van der Waals surface area contributed by atoms with Crippen LogP contribution in [0.2, 0.25) is 0 Å². The molecular formula is C24H25N3. The lowest BCUT2D eigenvalue weighted by atomic mass is 9.98. The van der Waals surface area contributed by atoms with E-state index in [1.54, 1.807) is 0 Å². The Balaban J connectivity index is 1.61. The van der Waals surface area contributed by atoms with E-state index >= 15 is 0 Å². The molecule has 0 fully saturated rings. The van der Waals surface area contributed by atoms with Gasteiger partial charge in [-0.1, -0.05) is 62.4 Å². The highest BCUT2D eigenvalue weighted by Crippen LogP contribution is 2.35. The molecule has 136 valence electrons. The molecule has 2 N–H and O–H groups in total. The summed E-state index contributed by atoms with van der Waals surface area (Å²) in [6.45, 7) is 4.44. The van der Waals surface area contributed by atoms with Gasteiger partial charge in [-0.25, -0.2) is 0 Å². The van der Waals surface area contributed by atoms with E-state index in [0.717, 1.165) is 23.2 Å². The maximum atomic E-state index is 8.59. The molecule has 4 rings (SSSR count). The number of guanidine groups is 1. The summed E-state index contributed by atoms with van der Waals surface area (Å²) in [6, 6.07) is 19.0. The fourth-order valence-electron chi connectivity index (χ4n) is 3.65. The lowest BCUT2D eigenvalue weighted by Crippen LogP contribution is -2.32. The Bertz CT molecular complexity index is 1040. The number of nitrogens with one attached hydrogen (secondary N) is 2. The Kier molecular flexibility index (Phi) is 4.44. The topological polar surface area (TPSA) is 39.1 Å². The van der Waals surface area contributed by atoms with E-state index in [0.29, 0.717) is 11.9 Å². The fraction of sp³-hybridized carbons (Fsp3) is 0.208. The van der Waals surface area contributed by atoms with E-state index in [1.807, 2.05) is 11.9 Å². The van der Waals surface area contributed by atoms with Crippen LogP contribution in [0.25, 0.3) is 22.9 Å². The first-order chi connectivity index (χ1) is 13.1. The molecular weight excluding hydrogens is 330 g/mol.